The van der Waals surface area contributed by atoms with Crippen LogP contribution >= 0.6 is 0 Å². The van der Waals surface area contributed by atoms with Crippen LogP contribution < -0.4 is 0 Å². The third kappa shape index (κ3) is 4.76. The van der Waals surface area contributed by atoms with Crippen LogP contribution in [0.3, 0.4) is 0 Å². The SMILES string of the molecule is CCC(OS(C)(=O)=O)c1ccccc1CC(C)O. The van der Waals surface area contributed by atoms with E-state index < -0.39 is 22.3 Å². The molecule has 102 valence electrons. The predicted molar refractivity (Wildman–Crippen MR) is 70.8 cm³/mol. The van der Waals surface area contributed by atoms with Gasteiger partial charge in [0.2, 0.25) is 0 Å². The summed E-state index contributed by atoms with van der Waals surface area (Å²) in [6.07, 6.45) is 1.13. The summed E-state index contributed by atoms with van der Waals surface area (Å²) >= 11 is 0. The number of rotatable bonds is 6. The first-order valence-corrected chi connectivity index (χ1v) is 7.79. The number of aliphatic hydroxyl groups excluding tert-OH is 1. The van der Waals surface area contributed by atoms with Crippen molar-refractivity contribution < 1.29 is 17.7 Å². The molecule has 0 radical (unpaired) electrons. The standard InChI is InChI=1S/C13H20O4S/c1-4-13(17-18(3,15)16)12-8-6-5-7-11(12)9-10(2)14/h5-8,10,13-14H,4,9H2,1-3H3. The second kappa shape index (κ2) is 6.31. The summed E-state index contributed by atoms with van der Waals surface area (Å²) in [6, 6.07) is 7.44. The van der Waals surface area contributed by atoms with E-state index in [4.69, 9.17) is 4.18 Å². The van der Waals surface area contributed by atoms with E-state index in [-0.39, 0.29) is 0 Å². The van der Waals surface area contributed by atoms with Crippen LogP contribution in [0, 0.1) is 0 Å². The van der Waals surface area contributed by atoms with E-state index in [2.05, 4.69) is 0 Å². The lowest BCUT2D eigenvalue weighted by atomic mass is 9.97. The molecule has 0 aliphatic heterocycles. The minimum Gasteiger partial charge on any atom is -0.393 e. The molecule has 18 heavy (non-hydrogen) atoms. The zero-order chi connectivity index (χ0) is 13.8. The second-order valence-electron chi connectivity index (χ2n) is 4.45. The van der Waals surface area contributed by atoms with Gasteiger partial charge in [-0.1, -0.05) is 31.2 Å². The molecule has 4 nitrogen and oxygen atoms in total. The maximum Gasteiger partial charge on any atom is 0.264 e. The first-order chi connectivity index (χ1) is 8.33. The fourth-order valence-corrected chi connectivity index (χ4v) is 2.56. The Balaban J connectivity index is 3.05. The number of benzene rings is 1. The topological polar surface area (TPSA) is 63.6 Å². The third-order valence-electron chi connectivity index (χ3n) is 2.58. The van der Waals surface area contributed by atoms with Gasteiger partial charge in [-0.05, 0) is 30.9 Å². The minimum atomic E-state index is -3.49. The Bertz CT molecular complexity index is 480. The molecule has 0 saturated heterocycles. The zero-order valence-corrected chi connectivity index (χ0v) is 11.8. The second-order valence-corrected chi connectivity index (χ2v) is 6.05. The van der Waals surface area contributed by atoms with Crippen molar-refractivity contribution in [3.05, 3.63) is 35.4 Å². The van der Waals surface area contributed by atoms with Gasteiger partial charge in [0.1, 0.15) is 6.10 Å². The normalized spacial score (nSPS) is 15.3. The molecule has 0 aliphatic carbocycles. The van der Waals surface area contributed by atoms with Gasteiger partial charge in [-0.3, -0.25) is 4.18 Å². The molecular weight excluding hydrogens is 252 g/mol. The zero-order valence-electron chi connectivity index (χ0n) is 11.0. The van der Waals surface area contributed by atoms with Gasteiger partial charge in [-0.15, -0.1) is 0 Å². The van der Waals surface area contributed by atoms with Crippen LogP contribution in [0.5, 0.6) is 0 Å². The molecule has 0 spiro atoms. The monoisotopic (exact) mass is 272 g/mol. The van der Waals surface area contributed by atoms with Gasteiger partial charge in [0, 0.05) is 0 Å². The molecule has 0 aliphatic rings. The molecule has 5 heteroatoms. The Morgan fingerprint density at radius 2 is 1.94 bits per heavy atom. The van der Waals surface area contributed by atoms with Crippen LogP contribution in [0.1, 0.15) is 37.5 Å². The predicted octanol–water partition coefficient (Wildman–Crippen LogP) is 2.04. The van der Waals surface area contributed by atoms with Crippen LogP contribution in [-0.2, 0) is 20.7 Å². The van der Waals surface area contributed by atoms with E-state index in [9.17, 15) is 13.5 Å². The maximum atomic E-state index is 11.2. The molecular formula is C13H20O4S. The Kier molecular flexibility index (Phi) is 5.31. The van der Waals surface area contributed by atoms with E-state index in [0.29, 0.717) is 12.8 Å². The lowest BCUT2D eigenvalue weighted by molar-refractivity contribution is 0.189. The van der Waals surface area contributed by atoms with Crippen molar-refractivity contribution in [3.63, 3.8) is 0 Å². The highest BCUT2D eigenvalue weighted by molar-refractivity contribution is 7.86. The Morgan fingerprint density at radius 1 is 1.33 bits per heavy atom. The highest BCUT2D eigenvalue weighted by atomic mass is 32.2. The molecule has 2 unspecified atom stereocenters. The molecule has 1 rings (SSSR count). The minimum absolute atomic E-state index is 0.470. The van der Waals surface area contributed by atoms with Crippen molar-refractivity contribution in [1.29, 1.82) is 0 Å². The summed E-state index contributed by atoms with van der Waals surface area (Å²) in [7, 11) is -3.49. The fourth-order valence-electron chi connectivity index (χ4n) is 1.90. The van der Waals surface area contributed by atoms with Gasteiger partial charge in [-0.25, -0.2) is 0 Å². The van der Waals surface area contributed by atoms with Crippen molar-refractivity contribution in [2.45, 2.75) is 38.9 Å². The molecule has 0 aromatic heterocycles. The van der Waals surface area contributed by atoms with E-state index in [1.165, 1.54) is 0 Å². The summed E-state index contributed by atoms with van der Waals surface area (Å²) in [4.78, 5) is 0. The van der Waals surface area contributed by atoms with E-state index in [1.54, 1.807) is 6.92 Å². The van der Waals surface area contributed by atoms with Gasteiger partial charge in [-0.2, -0.15) is 8.42 Å². The van der Waals surface area contributed by atoms with E-state index in [1.807, 2.05) is 31.2 Å². The average Bonchev–Trinajstić information content (AvgIpc) is 2.25. The first kappa shape index (κ1) is 15.1. The van der Waals surface area contributed by atoms with Crippen LogP contribution in [0.2, 0.25) is 0 Å². The van der Waals surface area contributed by atoms with Crippen LogP contribution in [0.15, 0.2) is 24.3 Å². The Labute approximate surface area is 109 Å². The Morgan fingerprint density at radius 3 is 2.44 bits per heavy atom. The number of hydrogen-bond donors (Lipinski definition) is 1. The summed E-state index contributed by atoms with van der Waals surface area (Å²) in [5, 5.41) is 9.46. The van der Waals surface area contributed by atoms with Crippen LogP contribution in [0.25, 0.3) is 0 Å². The molecule has 1 aromatic carbocycles. The van der Waals surface area contributed by atoms with Crippen molar-refractivity contribution in [2.24, 2.45) is 0 Å². The average molecular weight is 272 g/mol. The van der Waals surface area contributed by atoms with Gasteiger partial charge in [0.15, 0.2) is 0 Å². The van der Waals surface area contributed by atoms with Gasteiger partial charge < -0.3 is 5.11 Å². The lowest BCUT2D eigenvalue weighted by Crippen LogP contribution is -2.14. The highest BCUT2D eigenvalue weighted by Crippen LogP contribution is 2.26. The van der Waals surface area contributed by atoms with Gasteiger partial charge in [0.25, 0.3) is 10.1 Å². The van der Waals surface area contributed by atoms with E-state index >= 15 is 0 Å². The fraction of sp³-hybridized carbons (Fsp3) is 0.538. The highest BCUT2D eigenvalue weighted by Gasteiger charge is 2.19. The van der Waals surface area contributed by atoms with Gasteiger partial charge >= 0.3 is 0 Å². The number of hydrogen-bond acceptors (Lipinski definition) is 4. The van der Waals surface area contributed by atoms with E-state index in [0.717, 1.165) is 17.4 Å². The maximum absolute atomic E-state index is 11.2. The van der Waals surface area contributed by atoms with Gasteiger partial charge in [0.05, 0.1) is 12.4 Å². The lowest BCUT2D eigenvalue weighted by Gasteiger charge is -2.19. The third-order valence-corrected chi connectivity index (χ3v) is 3.16. The van der Waals surface area contributed by atoms with Crippen LogP contribution in [-0.4, -0.2) is 25.9 Å². The molecule has 0 amide bonds. The quantitative estimate of drug-likeness (QED) is 0.805. The Hall–Kier alpha value is -0.910. The number of aliphatic hydroxyl groups is 1. The molecule has 2 atom stereocenters. The van der Waals surface area contributed by atoms with Crippen LogP contribution in [0.4, 0.5) is 0 Å². The summed E-state index contributed by atoms with van der Waals surface area (Å²) in [5.41, 5.74) is 1.74. The molecule has 1 aromatic rings. The first-order valence-electron chi connectivity index (χ1n) is 5.97. The molecule has 0 fully saturated rings. The smallest absolute Gasteiger partial charge is 0.264 e. The summed E-state index contributed by atoms with van der Waals surface area (Å²) in [6.45, 7) is 3.57. The molecule has 0 saturated carbocycles. The van der Waals surface area contributed by atoms with Crippen molar-refractivity contribution in [2.75, 3.05) is 6.26 Å². The molecule has 0 bridgehead atoms. The molecule has 0 heterocycles. The van der Waals surface area contributed by atoms with Crippen molar-refractivity contribution in [3.8, 4) is 0 Å². The largest absolute Gasteiger partial charge is 0.393 e. The van der Waals surface area contributed by atoms with Crippen molar-refractivity contribution >= 4 is 10.1 Å². The summed E-state index contributed by atoms with van der Waals surface area (Å²) in [5.74, 6) is 0. The van der Waals surface area contributed by atoms with Crippen molar-refractivity contribution in [1.82, 2.24) is 0 Å². The summed E-state index contributed by atoms with van der Waals surface area (Å²) < 4.78 is 27.6. The molecule has 1 N–H and O–H groups in total.